The Hall–Kier alpha value is -1.52. The molecule has 0 radical (unpaired) electrons. The number of rotatable bonds is 4. The van der Waals surface area contributed by atoms with Crippen LogP contribution in [0.25, 0.3) is 0 Å². The molecule has 106 valence electrons. The first-order chi connectivity index (χ1) is 8.99. The molecule has 1 N–H and O–H groups in total. The largest absolute Gasteiger partial charge is 0.477 e. The van der Waals surface area contributed by atoms with Crippen LogP contribution in [0.5, 0.6) is 5.88 Å². The fourth-order valence-electron chi connectivity index (χ4n) is 2.96. The minimum absolute atomic E-state index is 0.186. The maximum atomic E-state index is 11.2. The van der Waals surface area contributed by atoms with Gasteiger partial charge >= 0.3 is 5.97 Å². The molecule has 5 heteroatoms. The normalized spacial score (nSPS) is 23.3. The van der Waals surface area contributed by atoms with Gasteiger partial charge in [-0.15, -0.1) is 0 Å². The van der Waals surface area contributed by atoms with Crippen LogP contribution in [0.2, 0.25) is 0 Å². The predicted octanol–water partition coefficient (Wildman–Crippen LogP) is 2.63. The Labute approximate surface area is 113 Å². The zero-order chi connectivity index (χ0) is 14.0. The van der Waals surface area contributed by atoms with Crippen LogP contribution in [0, 0.1) is 18.8 Å². The summed E-state index contributed by atoms with van der Waals surface area (Å²) in [5.41, 5.74) is 0.688. The second-order valence-corrected chi connectivity index (χ2v) is 5.64. The molecule has 1 aliphatic carbocycles. The number of ether oxygens (including phenoxy) is 1. The molecule has 1 aliphatic rings. The van der Waals surface area contributed by atoms with E-state index in [9.17, 15) is 9.90 Å². The number of carbonyl (C=O) groups is 1. The number of hydrogen-bond acceptors (Lipinski definition) is 3. The second-order valence-electron chi connectivity index (χ2n) is 5.64. The van der Waals surface area contributed by atoms with Crippen molar-refractivity contribution in [2.75, 3.05) is 6.61 Å². The SMILES string of the molecule is Cc1nn(C)c(OCC2CCCC(C)C2)c1C(=O)O. The summed E-state index contributed by atoms with van der Waals surface area (Å²) < 4.78 is 7.28. The van der Waals surface area contributed by atoms with E-state index in [1.54, 1.807) is 14.0 Å². The van der Waals surface area contributed by atoms with Crippen LogP contribution >= 0.6 is 0 Å². The third-order valence-electron chi connectivity index (χ3n) is 3.88. The van der Waals surface area contributed by atoms with E-state index in [1.807, 2.05) is 0 Å². The van der Waals surface area contributed by atoms with Crippen LogP contribution in [-0.2, 0) is 7.05 Å². The van der Waals surface area contributed by atoms with Crippen LogP contribution in [0.3, 0.4) is 0 Å². The minimum atomic E-state index is -0.974. The average Bonchev–Trinajstić information content (AvgIpc) is 2.61. The molecule has 1 aromatic rings. The van der Waals surface area contributed by atoms with Crippen molar-refractivity contribution in [3.8, 4) is 5.88 Å². The summed E-state index contributed by atoms with van der Waals surface area (Å²) in [6.07, 6.45) is 4.87. The first kappa shape index (κ1) is 13.9. The van der Waals surface area contributed by atoms with Crippen LogP contribution in [0.4, 0.5) is 0 Å². The highest BCUT2D eigenvalue weighted by atomic mass is 16.5. The van der Waals surface area contributed by atoms with Crippen LogP contribution in [0.15, 0.2) is 0 Å². The maximum Gasteiger partial charge on any atom is 0.343 e. The molecule has 1 saturated carbocycles. The van der Waals surface area contributed by atoms with E-state index in [-0.39, 0.29) is 5.56 Å². The molecule has 2 unspecified atom stereocenters. The number of aromatic carboxylic acids is 1. The molecule has 1 fully saturated rings. The second kappa shape index (κ2) is 5.63. The number of carboxylic acids is 1. The van der Waals surface area contributed by atoms with Crippen molar-refractivity contribution < 1.29 is 14.6 Å². The van der Waals surface area contributed by atoms with Gasteiger partial charge in [-0.2, -0.15) is 5.10 Å². The summed E-state index contributed by atoms with van der Waals surface area (Å²) in [4.78, 5) is 11.2. The summed E-state index contributed by atoms with van der Waals surface area (Å²) in [7, 11) is 1.72. The molecule has 2 atom stereocenters. The molecule has 0 amide bonds. The van der Waals surface area contributed by atoms with Gasteiger partial charge in [0.2, 0.25) is 5.88 Å². The topological polar surface area (TPSA) is 64.4 Å². The van der Waals surface area contributed by atoms with E-state index in [2.05, 4.69) is 12.0 Å². The van der Waals surface area contributed by atoms with Gasteiger partial charge in [-0.05, 0) is 31.6 Å². The molecule has 5 nitrogen and oxygen atoms in total. The van der Waals surface area contributed by atoms with Crippen LogP contribution < -0.4 is 4.74 Å². The van der Waals surface area contributed by atoms with Gasteiger partial charge in [0.25, 0.3) is 0 Å². The summed E-state index contributed by atoms with van der Waals surface area (Å²) in [6, 6.07) is 0. The Bertz CT molecular complexity index is 468. The van der Waals surface area contributed by atoms with E-state index in [0.29, 0.717) is 24.1 Å². The van der Waals surface area contributed by atoms with Crippen LogP contribution in [0.1, 0.15) is 48.7 Å². The lowest BCUT2D eigenvalue weighted by atomic mass is 9.83. The average molecular weight is 266 g/mol. The van der Waals surface area contributed by atoms with Gasteiger partial charge in [0.15, 0.2) is 0 Å². The number of carboxylic acid groups (broad SMARTS) is 1. The third kappa shape index (κ3) is 3.08. The maximum absolute atomic E-state index is 11.2. The number of nitrogens with zero attached hydrogens (tertiary/aromatic N) is 2. The summed E-state index contributed by atoms with van der Waals surface area (Å²) in [6.45, 7) is 4.55. The van der Waals surface area contributed by atoms with Crippen molar-refractivity contribution in [1.82, 2.24) is 9.78 Å². The summed E-state index contributed by atoms with van der Waals surface area (Å²) in [5, 5.41) is 13.3. The van der Waals surface area contributed by atoms with Crippen molar-refractivity contribution in [3.05, 3.63) is 11.3 Å². The highest BCUT2D eigenvalue weighted by molar-refractivity contribution is 5.91. The predicted molar refractivity (Wildman–Crippen MR) is 71.5 cm³/mol. The molecule has 0 spiro atoms. The molecule has 0 saturated heterocycles. The van der Waals surface area contributed by atoms with Gasteiger partial charge in [-0.3, -0.25) is 0 Å². The summed E-state index contributed by atoms with van der Waals surface area (Å²) in [5.74, 6) is 0.677. The Kier molecular flexibility index (Phi) is 4.12. The van der Waals surface area contributed by atoms with Gasteiger partial charge in [0.1, 0.15) is 5.56 Å². The smallest absolute Gasteiger partial charge is 0.343 e. The van der Waals surface area contributed by atoms with Gasteiger partial charge in [-0.25, -0.2) is 9.48 Å². The lowest BCUT2D eigenvalue weighted by Crippen LogP contribution is -2.21. The molecular formula is C14H22N2O3. The molecule has 0 bridgehead atoms. The molecule has 0 aliphatic heterocycles. The zero-order valence-electron chi connectivity index (χ0n) is 11.8. The standard InChI is InChI=1S/C14H22N2O3/c1-9-5-4-6-11(7-9)8-19-13-12(14(17)18)10(2)15-16(13)3/h9,11H,4-8H2,1-3H3,(H,17,18). The molecule has 2 rings (SSSR count). The lowest BCUT2D eigenvalue weighted by Gasteiger charge is -2.26. The highest BCUT2D eigenvalue weighted by Crippen LogP contribution is 2.30. The zero-order valence-corrected chi connectivity index (χ0v) is 11.8. The molecule has 19 heavy (non-hydrogen) atoms. The van der Waals surface area contributed by atoms with Crippen molar-refractivity contribution in [2.45, 2.75) is 39.5 Å². The number of aromatic nitrogens is 2. The molecule has 0 aromatic carbocycles. The Morgan fingerprint density at radius 3 is 2.89 bits per heavy atom. The Balaban J connectivity index is 2.05. The van der Waals surface area contributed by atoms with Crippen molar-refractivity contribution in [3.63, 3.8) is 0 Å². The summed E-state index contributed by atoms with van der Waals surface area (Å²) >= 11 is 0. The molecule has 1 aromatic heterocycles. The van der Waals surface area contributed by atoms with Crippen molar-refractivity contribution in [2.24, 2.45) is 18.9 Å². The van der Waals surface area contributed by atoms with Gasteiger partial charge in [0, 0.05) is 7.05 Å². The fraction of sp³-hybridized carbons (Fsp3) is 0.714. The van der Waals surface area contributed by atoms with Gasteiger partial charge < -0.3 is 9.84 Å². The van der Waals surface area contributed by atoms with E-state index in [1.165, 1.54) is 30.4 Å². The van der Waals surface area contributed by atoms with E-state index < -0.39 is 5.97 Å². The third-order valence-corrected chi connectivity index (χ3v) is 3.88. The number of hydrogen-bond donors (Lipinski definition) is 1. The first-order valence-electron chi connectivity index (χ1n) is 6.88. The number of aryl methyl sites for hydroxylation is 2. The Morgan fingerprint density at radius 1 is 1.53 bits per heavy atom. The minimum Gasteiger partial charge on any atom is -0.477 e. The highest BCUT2D eigenvalue weighted by Gasteiger charge is 2.24. The van der Waals surface area contributed by atoms with Gasteiger partial charge in [0.05, 0.1) is 12.3 Å². The van der Waals surface area contributed by atoms with E-state index >= 15 is 0 Å². The Morgan fingerprint density at radius 2 is 2.26 bits per heavy atom. The first-order valence-corrected chi connectivity index (χ1v) is 6.88. The molecule has 1 heterocycles. The van der Waals surface area contributed by atoms with Gasteiger partial charge in [-0.1, -0.05) is 19.8 Å². The van der Waals surface area contributed by atoms with Crippen molar-refractivity contribution in [1.29, 1.82) is 0 Å². The fourth-order valence-corrected chi connectivity index (χ4v) is 2.96. The van der Waals surface area contributed by atoms with E-state index in [4.69, 9.17) is 4.74 Å². The van der Waals surface area contributed by atoms with Crippen LogP contribution in [-0.4, -0.2) is 27.5 Å². The lowest BCUT2D eigenvalue weighted by molar-refractivity contribution is 0.0688. The molecular weight excluding hydrogens is 244 g/mol. The van der Waals surface area contributed by atoms with E-state index in [0.717, 1.165) is 5.92 Å². The van der Waals surface area contributed by atoms with Crippen molar-refractivity contribution >= 4 is 5.97 Å². The monoisotopic (exact) mass is 266 g/mol. The quantitative estimate of drug-likeness (QED) is 0.910.